The van der Waals surface area contributed by atoms with Crippen molar-refractivity contribution >= 4 is 17.8 Å². The average Bonchev–Trinajstić information content (AvgIpc) is 3.09. The Morgan fingerprint density at radius 2 is 2.45 bits per heavy atom. The van der Waals surface area contributed by atoms with Crippen molar-refractivity contribution in [3.8, 4) is 0 Å². The van der Waals surface area contributed by atoms with E-state index in [2.05, 4.69) is 16.9 Å². The molecule has 0 aliphatic heterocycles. The minimum absolute atomic E-state index is 0.157. The molecule has 1 aromatic heterocycles. The summed E-state index contributed by atoms with van der Waals surface area (Å²) in [6, 6.07) is 3.50. The number of hydrogen-bond donors (Lipinski definition) is 2. The van der Waals surface area contributed by atoms with E-state index in [1.807, 2.05) is 17.8 Å². The Labute approximate surface area is 123 Å². The molecule has 3 atom stereocenters. The molecular formula is C14H22N2O3S. The van der Waals surface area contributed by atoms with Gasteiger partial charge in [0, 0.05) is 18.4 Å². The fraction of sp³-hybridized carbons (Fsp3) is 0.643. The summed E-state index contributed by atoms with van der Waals surface area (Å²) in [4.78, 5) is 12.0. The van der Waals surface area contributed by atoms with Crippen LogP contribution in [0.1, 0.15) is 31.1 Å². The van der Waals surface area contributed by atoms with Crippen molar-refractivity contribution in [2.75, 3.05) is 20.0 Å². The highest BCUT2D eigenvalue weighted by Gasteiger charge is 2.26. The lowest BCUT2D eigenvalue weighted by atomic mass is 10.2. The van der Waals surface area contributed by atoms with E-state index < -0.39 is 0 Å². The maximum Gasteiger partial charge on any atom is 0.315 e. The maximum absolute atomic E-state index is 12.0. The van der Waals surface area contributed by atoms with Gasteiger partial charge in [-0.1, -0.05) is 0 Å². The predicted molar refractivity (Wildman–Crippen MR) is 79.9 cm³/mol. The minimum atomic E-state index is -0.257. The number of rotatable bonds is 6. The summed E-state index contributed by atoms with van der Waals surface area (Å²) >= 11 is 1.88. The molecule has 0 saturated heterocycles. The van der Waals surface area contributed by atoms with Crippen LogP contribution in [-0.4, -0.2) is 37.3 Å². The van der Waals surface area contributed by atoms with E-state index in [9.17, 15) is 4.79 Å². The summed E-state index contributed by atoms with van der Waals surface area (Å²) in [5.74, 6) is 0.704. The average molecular weight is 298 g/mol. The van der Waals surface area contributed by atoms with Gasteiger partial charge in [0.15, 0.2) is 0 Å². The van der Waals surface area contributed by atoms with E-state index in [1.54, 1.807) is 19.4 Å². The second kappa shape index (κ2) is 7.59. The molecule has 2 rings (SSSR count). The van der Waals surface area contributed by atoms with Crippen molar-refractivity contribution in [3.05, 3.63) is 24.2 Å². The van der Waals surface area contributed by atoms with Gasteiger partial charge in [0.1, 0.15) is 11.8 Å². The number of carbonyl (C=O) groups is 1. The zero-order chi connectivity index (χ0) is 14.4. The molecule has 0 spiro atoms. The van der Waals surface area contributed by atoms with Crippen LogP contribution in [0.3, 0.4) is 0 Å². The highest BCUT2D eigenvalue weighted by Crippen LogP contribution is 2.28. The number of furan rings is 1. The number of carbonyl (C=O) groups excluding carboxylic acids is 1. The highest BCUT2D eigenvalue weighted by molar-refractivity contribution is 7.99. The van der Waals surface area contributed by atoms with E-state index >= 15 is 0 Å². The predicted octanol–water partition coefficient (Wildman–Crippen LogP) is 2.55. The molecule has 1 saturated carbocycles. The Bertz CT molecular complexity index is 411. The summed E-state index contributed by atoms with van der Waals surface area (Å²) in [5, 5.41) is 6.60. The number of methoxy groups -OCH3 is 1. The molecule has 6 heteroatoms. The van der Waals surface area contributed by atoms with E-state index in [1.165, 1.54) is 6.42 Å². The topological polar surface area (TPSA) is 63.5 Å². The second-order valence-electron chi connectivity index (χ2n) is 5.01. The lowest BCUT2D eigenvalue weighted by molar-refractivity contribution is 0.156. The summed E-state index contributed by atoms with van der Waals surface area (Å²) in [5.41, 5.74) is 0. The molecule has 1 heterocycles. The third kappa shape index (κ3) is 4.18. The Morgan fingerprint density at radius 1 is 1.60 bits per heavy atom. The van der Waals surface area contributed by atoms with Crippen molar-refractivity contribution in [3.63, 3.8) is 0 Å². The fourth-order valence-electron chi connectivity index (χ4n) is 2.52. The lowest BCUT2D eigenvalue weighted by Crippen LogP contribution is -2.43. The van der Waals surface area contributed by atoms with Gasteiger partial charge in [-0.05, 0) is 37.7 Å². The number of thioether (sulfide) groups is 1. The second-order valence-corrected chi connectivity index (χ2v) is 6.15. The summed E-state index contributed by atoms with van der Waals surface area (Å²) in [6.07, 6.45) is 6.99. The van der Waals surface area contributed by atoms with Crippen LogP contribution >= 0.6 is 11.8 Å². The number of urea groups is 1. The number of hydrogen-bond acceptors (Lipinski definition) is 4. The molecule has 5 nitrogen and oxygen atoms in total. The number of nitrogens with one attached hydrogen (secondary N) is 2. The quantitative estimate of drug-likeness (QED) is 0.847. The van der Waals surface area contributed by atoms with Crippen LogP contribution in [0, 0.1) is 0 Å². The van der Waals surface area contributed by atoms with E-state index in [0.29, 0.717) is 17.6 Å². The van der Waals surface area contributed by atoms with Crippen LogP contribution in [-0.2, 0) is 4.74 Å². The SMILES string of the molecule is COC[C@@H](NC(=O)N[C@H]1CC[C@H](SC)C1)c1ccco1. The monoisotopic (exact) mass is 298 g/mol. The molecule has 1 aliphatic carbocycles. The van der Waals surface area contributed by atoms with Gasteiger partial charge in [-0.25, -0.2) is 4.79 Å². The van der Waals surface area contributed by atoms with Gasteiger partial charge in [0.25, 0.3) is 0 Å². The molecule has 0 unspecified atom stereocenters. The molecule has 0 aromatic carbocycles. The van der Waals surface area contributed by atoms with E-state index in [-0.39, 0.29) is 18.1 Å². The first-order chi connectivity index (χ1) is 9.72. The minimum Gasteiger partial charge on any atom is -0.467 e. The molecule has 2 N–H and O–H groups in total. The van der Waals surface area contributed by atoms with Crippen molar-refractivity contribution in [2.24, 2.45) is 0 Å². The number of ether oxygens (including phenoxy) is 1. The van der Waals surface area contributed by atoms with E-state index in [4.69, 9.17) is 9.15 Å². The smallest absolute Gasteiger partial charge is 0.315 e. The third-order valence-electron chi connectivity index (χ3n) is 3.58. The summed E-state index contributed by atoms with van der Waals surface area (Å²) in [6.45, 7) is 0.388. The van der Waals surface area contributed by atoms with Crippen LogP contribution in [0.5, 0.6) is 0 Å². The van der Waals surface area contributed by atoms with Crippen LogP contribution in [0.25, 0.3) is 0 Å². The maximum atomic E-state index is 12.0. The van der Waals surface area contributed by atoms with E-state index in [0.717, 1.165) is 12.8 Å². The summed E-state index contributed by atoms with van der Waals surface area (Å²) < 4.78 is 10.5. The van der Waals surface area contributed by atoms with Gasteiger partial charge in [0.2, 0.25) is 0 Å². The first kappa shape index (κ1) is 15.3. The standard InChI is InChI=1S/C14H22N2O3S/c1-18-9-12(13-4-3-7-19-13)16-14(17)15-10-5-6-11(8-10)20-2/h3-4,7,10-12H,5-6,8-9H2,1-2H3,(H2,15,16,17)/t10-,11-,12+/m0/s1. The van der Waals surface area contributed by atoms with Crippen molar-refractivity contribution in [1.82, 2.24) is 10.6 Å². The van der Waals surface area contributed by atoms with Crippen molar-refractivity contribution < 1.29 is 13.9 Å². The molecule has 1 fully saturated rings. The first-order valence-electron chi connectivity index (χ1n) is 6.85. The molecule has 2 amide bonds. The fourth-order valence-corrected chi connectivity index (χ4v) is 3.32. The van der Waals surface area contributed by atoms with Gasteiger partial charge < -0.3 is 19.8 Å². The van der Waals surface area contributed by atoms with Crippen molar-refractivity contribution in [2.45, 2.75) is 36.6 Å². The highest BCUT2D eigenvalue weighted by atomic mass is 32.2. The zero-order valence-electron chi connectivity index (χ0n) is 11.9. The van der Waals surface area contributed by atoms with Crippen LogP contribution in [0.2, 0.25) is 0 Å². The van der Waals surface area contributed by atoms with Gasteiger partial charge in [-0.3, -0.25) is 0 Å². The molecular weight excluding hydrogens is 276 g/mol. The van der Waals surface area contributed by atoms with Crippen molar-refractivity contribution in [1.29, 1.82) is 0 Å². The van der Waals surface area contributed by atoms with Gasteiger partial charge >= 0.3 is 6.03 Å². The molecule has 1 aliphatic rings. The molecule has 1 aromatic rings. The Kier molecular flexibility index (Phi) is 5.79. The molecule has 0 bridgehead atoms. The van der Waals surface area contributed by atoms with Gasteiger partial charge in [-0.15, -0.1) is 0 Å². The Balaban J connectivity index is 1.83. The Hall–Kier alpha value is -1.14. The Morgan fingerprint density at radius 3 is 3.05 bits per heavy atom. The number of amides is 2. The zero-order valence-corrected chi connectivity index (χ0v) is 12.7. The van der Waals surface area contributed by atoms with Crippen LogP contribution in [0.4, 0.5) is 4.79 Å². The van der Waals surface area contributed by atoms with Gasteiger partial charge in [-0.2, -0.15) is 11.8 Å². The largest absolute Gasteiger partial charge is 0.467 e. The third-order valence-corrected chi connectivity index (χ3v) is 4.67. The van der Waals surface area contributed by atoms with Crippen LogP contribution < -0.4 is 10.6 Å². The molecule has 112 valence electrons. The first-order valence-corrected chi connectivity index (χ1v) is 8.14. The molecule has 20 heavy (non-hydrogen) atoms. The molecule has 0 radical (unpaired) electrons. The lowest BCUT2D eigenvalue weighted by Gasteiger charge is -2.19. The summed E-state index contributed by atoms with van der Waals surface area (Å²) in [7, 11) is 1.61. The van der Waals surface area contributed by atoms with Gasteiger partial charge in [0.05, 0.1) is 12.9 Å². The normalized spacial score (nSPS) is 23.5. The van der Waals surface area contributed by atoms with Crippen LogP contribution in [0.15, 0.2) is 22.8 Å².